The normalized spacial score (nSPS) is 10.5. The standard InChI is InChI=1S/C21H28N4O3.HI/c1-22-21(24-14-17-9-10-18(27-2)13-19(17)28-3)25-15-20(26)23-12-11-16-7-5-4-6-8-16;/h4-10,13H,11-12,14-15H2,1-3H3,(H,23,26)(H2,22,24,25);1H. The van der Waals surface area contributed by atoms with Crippen molar-refractivity contribution in [3.63, 3.8) is 0 Å². The molecule has 158 valence electrons. The summed E-state index contributed by atoms with van der Waals surface area (Å²) >= 11 is 0. The molecule has 0 atom stereocenters. The minimum absolute atomic E-state index is 0. The zero-order valence-corrected chi connectivity index (χ0v) is 19.4. The minimum Gasteiger partial charge on any atom is -0.497 e. The number of carbonyl (C=O) groups excluding carboxylic acids is 1. The Kier molecular flexibility index (Phi) is 11.6. The number of methoxy groups -OCH3 is 2. The average molecular weight is 512 g/mol. The summed E-state index contributed by atoms with van der Waals surface area (Å²) in [7, 11) is 4.89. The van der Waals surface area contributed by atoms with Gasteiger partial charge in [-0.25, -0.2) is 0 Å². The van der Waals surface area contributed by atoms with E-state index in [-0.39, 0.29) is 36.4 Å². The first-order chi connectivity index (χ1) is 13.7. The van der Waals surface area contributed by atoms with Crippen molar-refractivity contribution in [2.45, 2.75) is 13.0 Å². The number of ether oxygens (including phenoxy) is 2. The Morgan fingerprint density at radius 3 is 2.41 bits per heavy atom. The SMILES string of the molecule is CN=C(NCC(=O)NCCc1ccccc1)NCc1ccc(OC)cc1OC.I. The monoisotopic (exact) mass is 512 g/mol. The Hall–Kier alpha value is -2.49. The number of nitrogens with zero attached hydrogens (tertiary/aromatic N) is 1. The summed E-state index contributed by atoms with van der Waals surface area (Å²) in [6, 6.07) is 15.7. The number of hydrogen-bond acceptors (Lipinski definition) is 4. The number of benzene rings is 2. The van der Waals surface area contributed by atoms with Gasteiger partial charge in [-0.3, -0.25) is 9.79 Å². The van der Waals surface area contributed by atoms with Crippen LogP contribution in [-0.2, 0) is 17.8 Å². The van der Waals surface area contributed by atoms with Crippen LogP contribution in [0.3, 0.4) is 0 Å². The van der Waals surface area contributed by atoms with E-state index in [1.54, 1.807) is 21.3 Å². The third kappa shape index (κ3) is 8.59. The summed E-state index contributed by atoms with van der Waals surface area (Å²) in [5.41, 5.74) is 2.15. The molecule has 0 aliphatic rings. The molecule has 3 N–H and O–H groups in total. The van der Waals surface area contributed by atoms with Gasteiger partial charge in [0, 0.05) is 31.8 Å². The maximum Gasteiger partial charge on any atom is 0.239 e. The molecule has 0 heterocycles. The van der Waals surface area contributed by atoms with Crippen LogP contribution < -0.4 is 25.4 Å². The van der Waals surface area contributed by atoms with Gasteiger partial charge < -0.3 is 25.4 Å². The van der Waals surface area contributed by atoms with Gasteiger partial charge in [-0.2, -0.15) is 0 Å². The highest BCUT2D eigenvalue weighted by atomic mass is 127. The summed E-state index contributed by atoms with van der Waals surface area (Å²) in [6.07, 6.45) is 0.802. The van der Waals surface area contributed by atoms with E-state index in [4.69, 9.17) is 9.47 Å². The van der Waals surface area contributed by atoms with E-state index in [0.717, 1.165) is 23.5 Å². The van der Waals surface area contributed by atoms with Gasteiger partial charge in [-0.1, -0.05) is 30.3 Å². The highest BCUT2D eigenvalue weighted by Gasteiger charge is 2.07. The highest BCUT2D eigenvalue weighted by Crippen LogP contribution is 2.24. The number of aliphatic imine (C=N–C) groups is 1. The molecule has 29 heavy (non-hydrogen) atoms. The molecule has 0 unspecified atom stereocenters. The van der Waals surface area contributed by atoms with Crippen molar-refractivity contribution >= 4 is 35.8 Å². The maximum atomic E-state index is 12.0. The minimum atomic E-state index is -0.0825. The lowest BCUT2D eigenvalue weighted by molar-refractivity contribution is -0.119. The number of halogens is 1. The van der Waals surface area contributed by atoms with E-state index >= 15 is 0 Å². The molecular weight excluding hydrogens is 483 g/mol. The lowest BCUT2D eigenvalue weighted by Gasteiger charge is -2.14. The van der Waals surface area contributed by atoms with Crippen molar-refractivity contribution in [1.29, 1.82) is 0 Å². The lowest BCUT2D eigenvalue weighted by Crippen LogP contribution is -2.43. The third-order valence-electron chi connectivity index (χ3n) is 4.16. The van der Waals surface area contributed by atoms with Crippen LogP contribution in [0.4, 0.5) is 0 Å². The zero-order chi connectivity index (χ0) is 20.2. The summed E-state index contributed by atoms with van der Waals surface area (Å²) in [5, 5.41) is 9.08. The number of amides is 1. The van der Waals surface area contributed by atoms with Crippen LogP contribution in [0.5, 0.6) is 11.5 Å². The van der Waals surface area contributed by atoms with Crippen LogP contribution in [0.1, 0.15) is 11.1 Å². The Morgan fingerprint density at radius 2 is 1.76 bits per heavy atom. The van der Waals surface area contributed by atoms with Crippen LogP contribution in [-0.4, -0.2) is 46.2 Å². The predicted octanol–water partition coefficient (Wildman–Crippen LogP) is 2.35. The molecule has 7 nitrogen and oxygen atoms in total. The van der Waals surface area contributed by atoms with Crippen molar-refractivity contribution < 1.29 is 14.3 Å². The van der Waals surface area contributed by atoms with E-state index in [0.29, 0.717) is 19.0 Å². The fourth-order valence-corrected chi connectivity index (χ4v) is 2.61. The Bertz CT molecular complexity index is 785. The van der Waals surface area contributed by atoms with Gasteiger partial charge in [0.1, 0.15) is 11.5 Å². The second kappa shape index (κ2) is 13.6. The third-order valence-corrected chi connectivity index (χ3v) is 4.16. The first-order valence-electron chi connectivity index (χ1n) is 9.12. The van der Waals surface area contributed by atoms with Gasteiger partial charge in [-0.15, -0.1) is 24.0 Å². The van der Waals surface area contributed by atoms with E-state index in [2.05, 4.69) is 20.9 Å². The molecular formula is C21H29IN4O3. The summed E-state index contributed by atoms with van der Waals surface area (Å²) < 4.78 is 10.6. The van der Waals surface area contributed by atoms with Crippen LogP contribution in [0.25, 0.3) is 0 Å². The maximum absolute atomic E-state index is 12.0. The fraction of sp³-hybridized carbons (Fsp3) is 0.333. The Morgan fingerprint density at radius 1 is 1.00 bits per heavy atom. The number of hydrogen-bond donors (Lipinski definition) is 3. The Labute approximate surface area is 189 Å². The first-order valence-corrected chi connectivity index (χ1v) is 9.12. The van der Waals surface area contributed by atoms with Crippen LogP contribution in [0.15, 0.2) is 53.5 Å². The summed E-state index contributed by atoms with van der Waals surface area (Å²) in [5.74, 6) is 1.91. The molecule has 2 aromatic rings. The molecule has 0 spiro atoms. The van der Waals surface area contributed by atoms with Gasteiger partial charge >= 0.3 is 0 Å². The Balaban J connectivity index is 0.00000420. The van der Waals surface area contributed by atoms with Crippen molar-refractivity contribution in [2.24, 2.45) is 4.99 Å². The molecule has 8 heteroatoms. The number of rotatable bonds is 9. The van der Waals surface area contributed by atoms with Crippen LogP contribution in [0, 0.1) is 0 Å². The van der Waals surface area contributed by atoms with E-state index in [1.807, 2.05) is 48.5 Å². The number of carbonyl (C=O) groups is 1. The summed E-state index contributed by atoms with van der Waals surface area (Å²) in [6.45, 7) is 1.25. The van der Waals surface area contributed by atoms with Crippen molar-refractivity contribution in [3.05, 3.63) is 59.7 Å². The molecule has 2 aromatic carbocycles. The molecule has 0 aliphatic carbocycles. The molecule has 2 rings (SSSR count). The van der Waals surface area contributed by atoms with Gasteiger partial charge in [-0.05, 0) is 24.1 Å². The molecule has 0 aliphatic heterocycles. The zero-order valence-electron chi connectivity index (χ0n) is 17.0. The molecule has 0 aromatic heterocycles. The molecule has 1 amide bonds. The quantitative estimate of drug-likeness (QED) is 0.273. The van der Waals surface area contributed by atoms with Crippen molar-refractivity contribution in [2.75, 3.05) is 34.4 Å². The molecule has 0 fully saturated rings. The van der Waals surface area contributed by atoms with Gasteiger partial charge in [0.15, 0.2) is 5.96 Å². The van der Waals surface area contributed by atoms with Gasteiger partial charge in [0.25, 0.3) is 0 Å². The molecule has 0 saturated carbocycles. The van der Waals surface area contributed by atoms with Crippen LogP contribution >= 0.6 is 24.0 Å². The first kappa shape index (κ1) is 24.5. The second-order valence-corrected chi connectivity index (χ2v) is 6.04. The van der Waals surface area contributed by atoms with Crippen LogP contribution in [0.2, 0.25) is 0 Å². The predicted molar refractivity (Wildman–Crippen MR) is 126 cm³/mol. The van der Waals surface area contributed by atoms with Crippen molar-refractivity contribution in [3.8, 4) is 11.5 Å². The van der Waals surface area contributed by atoms with Gasteiger partial charge in [0.2, 0.25) is 5.91 Å². The largest absolute Gasteiger partial charge is 0.497 e. The smallest absolute Gasteiger partial charge is 0.239 e. The van der Waals surface area contributed by atoms with E-state index in [9.17, 15) is 4.79 Å². The fourth-order valence-electron chi connectivity index (χ4n) is 2.61. The topological polar surface area (TPSA) is 84.0 Å². The molecule has 0 radical (unpaired) electrons. The second-order valence-electron chi connectivity index (χ2n) is 6.04. The average Bonchev–Trinajstić information content (AvgIpc) is 2.74. The van der Waals surface area contributed by atoms with E-state index < -0.39 is 0 Å². The van der Waals surface area contributed by atoms with E-state index in [1.165, 1.54) is 5.56 Å². The molecule has 0 saturated heterocycles. The van der Waals surface area contributed by atoms with Crippen molar-refractivity contribution in [1.82, 2.24) is 16.0 Å². The lowest BCUT2D eigenvalue weighted by atomic mass is 10.1. The highest BCUT2D eigenvalue weighted by molar-refractivity contribution is 14.0. The summed E-state index contributed by atoms with van der Waals surface area (Å²) in [4.78, 5) is 16.1. The number of guanidine groups is 1. The molecule has 0 bridgehead atoms. The van der Waals surface area contributed by atoms with Gasteiger partial charge in [0.05, 0.1) is 20.8 Å². The number of nitrogens with one attached hydrogen (secondary N) is 3.